The maximum atomic E-state index is 12.7. The van der Waals surface area contributed by atoms with Gasteiger partial charge in [-0.25, -0.2) is 28.6 Å². The molecule has 1 aliphatic heterocycles. The summed E-state index contributed by atoms with van der Waals surface area (Å²) in [5.74, 6) is -1.42. The summed E-state index contributed by atoms with van der Waals surface area (Å²) in [7, 11) is -16.4. The molecule has 0 saturated carbocycles. The van der Waals surface area contributed by atoms with Crippen molar-refractivity contribution >= 4 is 69.1 Å². The number of aliphatic hydroxyl groups is 3. The summed E-state index contributed by atoms with van der Waals surface area (Å²) in [4.78, 5) is 88.1. The number of phosphoric ester groups is 3. The molecule has 2 aromatic rings. The Kier molecular flexibility index (Phi) is 18.6. The topological polar surface area (TPSA) is 384 Å². The predicted molar refractivity (Wildman–Crippen MR) is 206 cm³/mol. The van der Waals surface area contributed by atoms with E-state index in [0.29, 0.717) is 12.3 Å². The minimum Gasteiger partial charge on any atom is -0.392 e. The van der Waals surface area contributed by atoms with Crippen LogP contribution in [0.3, 0.4) is 0 Å². The normalized spacial score (nSPS) is 22.4. The second-order valence-electron chi connectivity index (χ2n) is 14.6. The maximum absolute atomic E-state index is 12.7. The van der Waals surface area contributed by atoms with Gasteiger partial charge in [0.25, 0.3) is 0 Å². The molecule has 1 saturated heterocycles. The molecule has 25 nitrogen and oxygen atoms in total. The number of ether oxygens (including phenoxy) is 1. The number of nitrogens with zero attached hydrogens (tertiary/aromatic N) is 4. The zero-order valence-electron chi connectivity index (χ0n) is 32.7. The van der Waals surface area contributed by atoms with E-state index in [0.717, 1.165) is 35.4 Å². The first kappa shape index (κ1) is 50.9. The molecule has 2 amide bonds. The van der Waals surface area contributed by atoms with Crippen molar-refractivity contribution < 1.29 is 85.6 Å². The lowest BCUT2D eigenvalue weighted by molar-refractivity contribution is -0.137. The quantitative estimate of drug-likeness (QED) is 0.0493. The number of nitrogens with one attached hydrogen (secondary N) is 2. The van der Waals surface area contributed by atoms with E-state index in [1.807, 2.05) is 13.8 Å². The number of hydrogen-bond donors (Lipinski definition) is 10. The van der Waals surface area contributed by atoms with Gasteiger partial charge >= 0.3 is 23.5 Å². The number of imidazole rings is 1. The third-order valence-corrected chi connectivity index (χ3v) is 12.9. The van der Waals surface area contributed by atoms with Crippen molar-refractivity contribution in [3.05, 3.63) is 12.7 Å². The molecule has 29 heteroatoms. The maximum Gasteiger partial charge on any atom is 0.481 e. The number of aliphatic hydroxyl groups excluding tert-OH is 3. The van der Waals surface area contributed by atoms with E-state index in [9.17, 15) is 63.0 Å². The van der Waals surface area contributed by atoms with Crippen LogP contribution in [0.25, 0.3) is 11.2 Å². The van der Waals surface area contributed by atoms with Crippen LogP contribution in [0.2, 0.25) is 0 Å². The number of carbonyl (C=O) groups is 3. The number of nitrogens with two attached hydrogens (primary N) is 1. The van der Waals surface area contributed by atoms with Crippen LogP contribution in [0, 0.1) is 17.3 Å². The molecule has 59 heavy (non-hydrogen) atoms. The van der Waals surface area contributed by atoms with Gasteiger partial charge in [-0.05, 0) is 18.8 Å². The van der Waals surface area contributed by atoms with Gasteiger partial charge in [-0.1, -0.05) is 46.4 Å². The van der Waals surface area contributed by atoms with Gasteiger partial charge in [0.2, 0.25) is 11.8 Å². The minimum atomic E-state index is -5.58. The number of phosphoric acid groups is 3. The van der Waals surface area contributed by atoms with Crippen molar-refractivity contribution in [3.8, 4) is 0 Å². The molecule has 2 unspecified atom stereocenters. The average molecular weight is 924 g/mol. The van der Waals surface area contributed by atoms with Gasteiger partial charge in [-0.3, -0.25) is 32.5 Å². The Morgan fingerprint density at radius 2 is 1.66 bits per heavy atom. The Morgan fingerprint density at radius 3 is 2.31 bits per heavy atom. The van der Waals surface area contributed by atoms with Gasteiger partial charge in [-0.15, -0.1) is 0 Å². The molecular formula is C30H52N7O18P3S. The van der Waals surface area contributed by atoms with Crippen molar-refractivity contribution in [1.82, 2.24) is 30.2 Å². The monoisotopic (exact) mass is 923 g/mol. The Balaban J connectivity index is 1.46. The number of amides is 2. The van der Waals surface area contributed by atoms with Crippen molar-refractivity contribution in [2.24, 2.45) is 17.3 Å². The van der Waals surface area contributed by atoms with Crippen molar-refractivity contribution in [2.45, 2.75) is 90.6 Å². The Morgan fingerprint density at radius 1 is 1.00 bits per heavy atom. The van der Waals surface area contributed by atoms with E-state index in [1.54, 1.807) is 6.92 Å². The molecule has 9 atom stereocenters. The van der Waals surface area contributed by atoms with Crippen LogP contribution in [-0.4, -0.2) is 134 Å². The standard InChI is InChI=1S/C30H52N7O18P3S/c1-16(2)6-7-18(38)17(3)29(43)59-11-10-32-20(39)8-9-33-27(42)24(41)30(4,5)13-52-58(49,50)55-57(47,48)51-12-19-23(54-56(44,45)46)22(40)28(53-19)37-15-36-21-25(31)34-14-35-26(21)37/h14-19,22-24,28,38,40-41H,6-13H2,1-5H3,(H,32,39)(H,33,42)(H,47,48)(H,49,50)(H2,31,34,35)(H2,44,45,46)/t17-,18+,19+,22-,23-,24-,28+/m1/s1. The Bertz CT molecular complexity index is 1900. The Hall–Kier alpha value is -2.48. The van der Waals surface area contributed by atoms with Crippen LogP contribution in [0.4, 0.5) is 5.82 Å². The molecule has 1 aliphatic rings. The lowest BCUT2D eigenvalue weighted by Gasteiger charge is -2.30. The summed E-state index contributed by atoms with van der Waals surface area (Å²) in [6.45, 7) is 6.05. The number of hydrogen-bond acceptors (Lipinski definition) is 19. The SMILES string of the molecule is CC(C)CC[C@H](O)[C@@H](C)C(=O)SCCNC(=O)CCNC(=O)[C@@H](O)C(C)(C)COP(=O)(O)OP(=O)(O)OC[C@@H]1O[C@H](n2cnc3c(N)ncnc32)[C@H](O)[C@@H]1OP(=O)(O)O. The summed E-state index contributed by atoms with van der Waals surface area (Å²) in [6, 6.07) is 0. The molecule has 0 aliphatic carbocycles. The fraction of sp³-hybridized carbons (Fsp3) is 0.733. The molecule has 0 bridgehead atoms. The largest absolute Gasteiger partial charge is 0.481 e. The fourth-order valence-corrected chi connectivity index (χ4v) is 8.98. The minimum absolute atomic E-state index is 0.0262. The van der Waals surface area contributed by atoms with Gasteiger partial charge in [0.15, 0.2) is 22.8 Å². The zero-order chi connectivity index (χ0) is 44.5. The predicted octanol–water partition coefficient (Wildman–Crippen LogP) is 0.0979. The van der Waals surface area contributed by atoms with Crippen LogP contribution >= 0.6 is 35.2 Å². The molecule has 0 radical (unpaired) electrons. The number of thioether (sulfide) groups is 1. The third-order valence-electron chi connectivity index (χ3n) is 8.73. The Labute approximate surface area is 342 Å². The first-order chi connectivity index (χ1) is 27.2. The van der Waals surface area contributed by atoms with E-state index < -0.39 is 96.6 Å². The summed E-state index contributed by atoms with van der Waals surface area (Å²) < 4.78 is 62.2. The zero-order valence-corrected chi connectivity index (χ0v) is 36.2. The van der Waals surface area contributed by atoms with E-state index in [-0.39, 0.29) is 47.4 Å². The van der Waals surface area contributed by atoms with Crippen molar-refractivity contribution in [2.75, 3.05) is 37.8 Å². The lowest BCUT2D eigenvalue weighted by atomic mass is 9.87. The molecule has 0 aromatic carbocycles. The highest BCUT2D eigenvalue weighted by molar-refractivity contribution is 8.13. The third kappa shape index (κ3) is 15.7. The highest BCUT2D eigenvalue weighted by Crippen LogP contribution is 2.61. The first-order valence-corrected chi connectivity index (χ1v) is 23.5. The molecule has 3 rings (SSSR count). The number of anilines is 1. The van der Waals surface area contributed by atoms with E-state index in [4.69, 9.17) is 19.5 Å². The number of fused-ring (bicyclic) bond motifs is 1. The van der Waals surface area contributed by atoms with Gasteiger partial charge in [0.1, 0.15) is 36.3 Å². The number of carbonyl (C=O) groups excluding carboxylic acids is 3. The van der Waals surface area contributed by atoms with Gasteiger partial charge in [-0.2, -0.15) is 4.31 Å². The summed E-state index contributed by atoms with van der Waals surface area (Å²) in [5, 5.41) is 36.4. The lowest BCUT2D eigenvalue weighted by Crippen LogP contribution is -2.46. The first-order valence-electron chi connectivity index (χ1n) is 18.0. The molecule has 11 N–H and O–H groups in total. The summed E-state index contributed by atoms with van der Waals surface area (Å²) in [5.41, 5.74) is 4.24. The van der Waals surface area contributed by atoms with Crippen LogP contribution in [0.15, 0.2) is 12.7 Å². The molecule has 3 heterocycles. The van der Waals surface area contributed by atoms with E-state index >= 15 is 0 Å². The van der Waals surface area contributed by atoms with E-state index in [1.165, 1.54) is 13.8 Å². The molecule has 0 spiro atoms. The second-order valence-corrected chi connectivity index (χ2v) is 19.9. The fourth-order valence-electron chi connectivity index (χ4n) is 5.32. The van der Waals surface area contributed by atoms with Crippen LogP contribution in [-0.2, 0) is 50.7 Å². The number of rotatable bonds is 24. The molecular weight excluding hydrogens is 871 g/mol. The number of nitrogen functional groups attached to an aromatic ring is 1. The number of aromatic nitrogens is 4. The average Bonchev–Trinajstić information content (AvgIpc) is 3.69. The molecule has 336 valence electrons. The van der Waals surface area contributed by atoms with Gasteiger partial charge in [0, 0.05) is 30.7 Å². The van der Waals surface area contributed by atoms with Crippen LogP contribution in [0.1, 0.15) is 60.1 Å². The summed E-state index contributed by atoms with van der Waals surface area (Å²) >= 11 is 0.981. The summed E-state index contributed by atoms with van der Waals surface area (Å²) in [6.07, 6.45) is -6.47. The van der Waals surface area contributed by atoms with Gasteiger partial charge in [0.05, 0.1) is 31.6 Å². The highest BCUT2D eigenvalue weighted by atomic mass is 32.2. The highest BCUT2D eigenvalue weighted by Gasteiger charge is 2.50. The van der Waals surface area contributed by atoms with Gasteiger partial charge < -0.3 is 56.0 Å². The second kappa shape index (κ2) is 21.5. The van der Waals surface area contributed by atoms with Crippen LogP contribution in [0.5, 0.6) is 0 Å². The van der Waals surface area contributed by atoms with Crippen LogP contribution < -0.4 is 16.4 Å². The smallest absolute Gasteiger partial charge is 0.392 e. The van der Waals surface area contributed by atoms with Crippen molar-refractivity contribution in [3.63, 3.8) is 0 Å². The molecule has 1 fully saturated rings. The van der Waals surface area contributed by atoms with E-state index in [2.05, 4.69) is 34.4 Å². The molecule has 2 aromatic heterocycles. The van der Waals surface area contributed by atoms with Crippen molar-refractivity contribution in [1.29, 1.82) is 0 Å².